The molecule has 1 fully saturated rings. The van der Waals surface area contributed by atoms with Crippen LogP contribution in [0.5, 0.6) is 11.5 Å². The van der Waals surface area contributed by atoms with Gasteiger partial charge in [0.1, 0.15) is 11.5 Å². The van der Waals surface area contributed by atoms with Crippen LogP contribution in [0.1, 0.15) is 72.4 Å². The second-order valence-electron chi connectivity index (χ2n) is 12.7. The van der Waals surface area contributed by atoms with Gasteiger partial charge in [0.2, 0.25) is 5.91 Å². The van der Waals surface area contributed by atoms with Gasteiger partial charge in [0.05, 0.1) is 18.4 Å². The summed E-state index contributed by atoms with van der Waals surface area (Å²) in [5.74, 6) is -1.61. The minimum atomic E-state index is -1.79. The lowest BCUT2D eigenvalue weighted by Gasteiger charge is -2.29. The first kappa shape index (κ1) is 34.1. The van der Waals surface area contributed by atoms with E-state index in [0.29, 0.717) is 23.6 Å². The highest BCUT2D eigenvalue weighted by molar-refractivity contribution is 6.19. The predicted molar refractivity (Wildman–Crippen MR) is 166 cm³/mol. The van der Waals surface area contributed by atoms with Gasteiger partial charge in [-0.1, -0.05) is 38.5 Å². The van der Waals surface area contributed by atoms with E-state index in [1.165, 1.54) is 19.9 Å². The van der Waals surface area contributed by atoms with Gasteiger partial charge < -0.3 is 24.8 Å². The molecule has 11 heteroatoms. The SMILES string of the molecule is Cc1ccc(OCCCC(=O)Nc2ccc(OC(C)C)c(NC(=O)C(C(=O)C(C)(C)C)N3C(=O)OC(C)(C)C3=O)c2)c(C)c1. The molecule has 0 spiro atoms. The molecule has 0 aliphatic carbocycles. The molecule has 3 rings (SSSR count). The number of hydrogen-bond acceptors (Lipinski definition) is 8. The summed E-state index contributed by atoms with van der Waals surface area (Å²) < 4.78 is 16.8. The lowest BCUT2D eigenvalue weighted by molar-refractivity contribution is -0.145. The summed E-state index contributed by atoms with van der Waals surface area (Å²) in [6, 6.07) is 8.80. The normalized spacial score (nSPS) is 15.1. The zero-order chi connectivity index (χ0) is 33.0. The molecule has 2 N–H and O–H groups in total. The summed E-state index contributed by atoms with van der Waals surface area (Å²) in [4.78, 5) is 66.2. The topological polar surface area (TPSA) is 140 Å². The Morgan fingerprint density at radius 3 is 2.20 bits per heavy atom. The van der Waals surface area contributed by atoms with Gasteiger partial charge in [0.15, 0.2) is 17.4 Å². The molecule has 1 saturated heterocycles. The van der Waals surface area contributed by atoms with Crippen LogP contribution in [0, 0.1) is 19.3 Å². The van der Waals surface area contributed by atoms with Gasteiger partial charge in [0, 0.05) is 17.5 Å². The Kier molecular flexibility index (Phi) is 10.4. The molecule has 0 saturated carbocycles. The van der Waals surface area contributed by atoms with Gasteiger partial charge in [-0.15, -0.1) is 0 Å². The van der Waals surface area contributed by atoms with Crippen molar-refractivity contribution in [2.45, 2.75) is 92.9 Å². The van der Waals surface area contributed by atoms with Crippen molar-refractivity contribution in [3.8, 4) is 11.5 Å². The van der Waals surface area contributed by atoms with E-state index in [2.05, 4.69) is 10.6 Å². The van der Waals surface area contributed by atoms with E-state index in [1.807, 2.05) is 32.0 Å². The lowest BCUT2D eigenvalue weighted by Crippen LogP contribution is -2.55. The number of hydrogen-bond donors (Lipinski definition) is 2. The highest BCUT2D eigenvalue weighted by Crippen LogP contribution is 2.33. The van der Waals surface area contributed by atoms with Crippen LogP contribution in [-0.2, 0) is 23.9 Å². The molecule has 0 bridgehead atoms. The number of carbonyl (C=O) groups is 5. The largest absolute Gasteiger partial charge is 0.493 e. The number of nitrogens with zero attached hydrogens (tertiary/aromatic N) is 1. The molecule has 0 aromatic heterocycles. The van der Waals surface area contributed by atoms with E-state index in [4.69, 9.17) is 14.2 Å². The molecule has 1 unspecified atom stereocenters. The first-order valence-electron chi connectivity index (χ1n) is 14.6. The molecular formula is C33H43N3O8. The average molecular weight is 610 g/mol. The van der Waals surface area contributed by atoms with E-state index in [9.17, 15) is 24.0 Å². The number of carbonyl (C=O) groups excluding carboxylic acids is 5. The minimum Gasteiger partial charge on any atom is -0.493 e. The molecule has 11 nitrogen and oxygen atoms in total. The lowest BCUT2D eigenvalue weighted by atomic mass is 9.85. The van der Waals surface area contributed by atoms with Gasteiger partial charge in [0.25, 0.3) is 11.8 Å². The van der Waals surface area contributed by atoms with Crippen molar-refractivity contribution < 1.29 is 38.2 Å². The van der Waals surface area contributed by atoms with Crippen LogP contribution in [-0.4, -0.2) is 58.9 Å². The maximum absolute atomic E-state index is 13.7. The summed E-state index contributed by atoms with van der Waals surface area (Å²) >= 11 is 0. The van der Waals surface area contributed by atoms with Gasteiger partial charge >= 0.3 is 6.09 Å². The van der Waals surface area contributed by atoms with Crippen LogP contribution < -0.4 is 20.1 Å². The quantitative estimate of drug-likeness (QED) is 0.235. The molecule has 1 aliphatic rings. The van der Waals surface area contributed by atoms with E-state index in [-0.39, 0.29) is 29.9 Å². The number of ether oxygens (including phenoxy) is 3. The summed E-state index contributed by atoms with van der Waals surface area (Å²) in [5.41, 5.74) is 0.0626. The molecule has 1 heterocycles. The van der Waals surface area contributed by atoms with Crippen molar-refractivity contribution in [3.63, 3.8) is 0 Å². The molecule has 2 aromatic carbocycles. The van der Waals surface area contributed by atoms with E-state index in [1.54, 1.807) is 46.8 Å². The maximum Gasteiger partial charge on any atom is 0.418 e. The molecule has 2 aromatic rings. The van der Waals surface area contributed by atoms with Crippen molar-refractivity contribution in [2.24, 2.45) is 5.41 Å². The summed E-state index contributed by atoms with van der Waals surface area (Å²) in [7, 11) is 0. The molecule has 238 valence electrons. The first-order chi connectivity index (χ1) is 20.4. The fourth-order valence-corrected chi connectivity index (χ4v) is 4.53. The third-order valence-corrected chi connectivity index (χ3v) is 6.79. The van der Waals surface area contributed by atoms with Crippen LogP contribution in [0.15, 0.2) is 36.4 Å². The molecular weight excluding hydrogens is 566 g/mol. The van der Waals surface area contributed by atoms with Crippen molar-refractivity contribution in [1.82, 2.24) is 4.90 Å². The van der Waals surface area contributed by atoms with Crippen molar-refractivity contribution >= 4 is 41.0 Å². The van der Waals surface area contributed by atoms with Crippen molar-refractivity contribution in [1.29, 1.82) is 0 Å². The molecule has 44 heavy (non-hydrogen) atoms. The molecule has 4 amide bonds. The van der Waals surface area contributed by atoms with Gasteiger partial charge in [-0.3, -0.25) is 19.2 Å². The number of aryl methyl sites for hydroxylation is 2. The Morgan fingerprint density at radius 2 is 1.64 bits per heavy atom. The zero-order valence-corrected chi connectivity index (χ0v) is 27.0. The first-order valence-corrected chi connectivity index (χ1v) is 14.6. The van der Waals surface area contributed by atoms with E-state index in [0.717, 1.165) is 16.9 Å². The number of Topliss-reactive ketones (excluding diaryl/α,β-unsaturated/α-hetero) is 1. The van der Waals surface area contributed by atoms with Crippen LogP contribution in [0.3, 0.4) is 0 Å². The fourth-order valence-electron chi connectivity index (χ4n) is 4.53. The second-order valence-corrected chi connectivity index (χ2v) is 12.7. The Labute approximate surface area is 258 Å². The zero-order valence-electron chi connectivity index (χ0n) is 27.0. The van der Waals surface area contributed by atoms with Crippen LogP contribution in [0.4, 0.5) is 16.2 Å². The smallest absolute Gasteiger partial charge is 0.418 e. The third-order valence-electron chi connectivity index (χ3n) is 6.79. The van der Waals surface area contributed by atoms with Crippen molar-refractivity contribution in [2.75, 3.05) is 17.2 Å². The van der Waals surface area contributed by atoms with Crippen LogP contribution in [0.25, 0.3) is 0 Å². The number of anilines is 2. The number of imide groups is 1. The number of nitrogens with one attached hydrogen (secondary N) is 2. The summed E-state index contributed by atoms with van der Waals surface area (Å²) in [6.45, 7) is 15.5. The number of rotatable bonds is 12. The maximum atomic E-state index is 13.7. The number of amides is 4. The van der Waals surface area contributed by atoms with Gasteiger partial charge in [-0.05, 0) is 77.8 Å². The minimum absolute atomic E-state index is 0.144. The van der Waals surface area contributed by atoms with E-state index >= 15 is 0 Å². The molecule has 1 aliphatic heterocycles. The Hall–Kier alpha value is -4.41. The summed E-state index contributed by atoms with van der Waals surface area (Å²) in [5, 5.41) is 5.45. The van der Waals surface area contributed by atoms with Gasteiger partial charge in [-0.25, -0.2) is 9.69 Å². The number of benzene rings is 2. The number of ketones is 1. The highest BCUT2D eigenvalue weighted by atomic mass is 16.6. The standard InChI is InChI=1S/C33H43N3O8/c1-19(2)43-25-15-13-22(34-26(37)11-10-16-42-24-14-12-20(3)17-21(24)4)18-23(25)35-29(39)27(28(38)32(5,6)7)36-30(40)33(8,9)44-31(36)41/h12-15,17-19,27H,10-11,16H2,1-9H3,(H,34,37)(H,35,39). The predicted octanol–water partition coefficient (Wildman–Crippen LogP) is 5.57. The third kappa shape index (κ3) is 8.36. The Bertz CT molecular complexity index is 1440. The Balaban J connectivity index is 1.78. The average Bonchev–Trinajstić information content (AvgIpc) is 3.10. The summed E-state index contributed by atoms with van der Waals surface area (Å²) in [6.07, 6.45) is -0.692. The van der Waals surface area contributed by atoms with Crippen LogP contribution in [0.2, 0.25) is 0 Å². The fraction of sp³-hybridized carbons (Fsp3) is 0.485. The van der Waals surface area contributed by atoms with E-state index < -0.39 is 40.7 Å². The molecule has 0 radical (unpaired) electrons. The van der Waals surface area contributed by atoms with Crippen molar-refractivity contribution in [3.05, 3.63) is 47.5 Å². The number of cyclic esters (lactones) is 1. The molecule has 1 atom stereocenters. The van der Waals surface area contributed by atoms with Crippen LogP contribution >= 0.6 is 0 Å². The van der Waals surface area contributed by atoms with Gasteiger partial charge in [-0.2, -0.15) is 0 Å². The second kappa shape index (κ2) is 13.5. The highest BCUT2D eigenvalue weighted by Gasteiger charge is 2.55. The Morgan fingerprint density at radius 1 is 0.977 bits per heavy atom. The monoisotopic (exact) mass is 609 g/mol.